The fourth-order valence-corrected chi connectivity index (χ4v) is 6.68. The van der Waals surface area contributed by atoms with Crippen molar-refractivity contribution >= 4 is 17.4 Å². The molecule has 0 spiro atoms. The first-order valence-electron chi connectivity index (χ1n) is 17.5. The number of aromatic nitrogens is 2. The van der Waals surface area contributed by atoms with Gasteiger partial charge in [-0.25, -0.2) is 0 Å². The third kappa shape index (κ3) is 9.44. The summed E-state index contributed by atoms with van der Waals surface area (Å²) in [5.41, 5.74) is 8.47. The van der Waals surface area contributed by atoms with Crippen molar-refractivity contribution in [3.05, 3.63) is 111 Å². The molecule has 6 rings (SSSR count). The maximum Gasteiger partial charge on any atom is 0.401 e. The number of carbonyl (C=O) groups is 2. The van der Waals surface area contributed by atoms with E-state index in [4.69, 9.17) is 0 Å². The predicted octanol–water partition coefficient (Wildman–Crippen LogP) is 9.73. The molecule has 6 nitrogen and oxygen atoms in total. The number of nitrogens with one attached hydrogen (secondary N) is 2. The van der Waals surface area contributed by atoms with Crippen molar-refractivity contribution in [2.24, 2.45) is 0 Å². The lowest BCUT2D eigenvalue weighted by Gasteiger charge is -2.17. The average molecular weight is 723 g/mol. The number of Topliss-reactive ketones (excluding diaryl/α,β-unsaturated/α-hetero) is 1. The van der Waals surface area contributed by atoms with Crippen molar-refractivity contribution in [2.75, 3.05) is 11.9 Å². The van der Waals surface area contributed by atoms with Crippen LogP contribution in [0, 0.1) is 13.8 Å². The average Bonchev–Trinajstić information content (AvgIpc) is 4.00. The van der Waals surface area contributed by atoms with Crippen molar-refractivity contribution in [1.82, 2.24) is 15.3 Å². The zero-order valence-corrected chi connectivity index (χ0v) is 29.0. The maximum atomic E-state index is 13.5. The van der Waals surface area contributed by atoms with Crippen molar-refractivity contribution in [2.45, 2.75) is 95.9 Å². The topological polar surface area (TPSA) is 84.0 Å². The molecular weight excluding hydrogens is 682 g/mol. The Bertz CT molecular complexity index is 1820. The normalized spacial score (nSPS) is 14.8. The van der Waals surface area contributed by atoms with E-state index in [2.05, 4.69) is 20.6 Å². The lowest BCUT2D eigenvalue weighted by Crippen LogP contribution is -2.28. The number of carbonyl (C=O) groups excluding carboxylic acids is 2. The number of halogens is 6. The van der Waals surface area contributed by atoms with Gasteiger partial charge >= 0.3 is 12.4 Å². The third-order valence-electron chi connectivity index (χ3n) is 9.81. The Morgan fingerprint density at radius 2 is 1.35 bits per heavy atom. The monoisotopic (exact) mass is 722 g/mol. The van der Waals surface area contributed by atoms with Gasteiger partial charge in [0.25, 0.3) is 5.91 Å². The van der Waals surface area contributed by atoms with E-state index in [1.165, 1.54) is 12.4 Å². The number of anilines is 1. The molecule has 0 atom stereocenters. The molecule has 2 aliphatic rings. The number of nitrogens with zero attached hydrogens (tertiary/aromatic N) is 2. The molecule has 4 aromatic rings. The van der Waals surface area contributed by atoms with E-state index in [1.807, 2.05) is 44.2 Å². The zero-order chi connectivity index (χ0) is 37.2. The Labute approximate surface area is 298 Å². The lowest BCUT2D eigenvalue weighted by atomic mass is 9.90. The first-order chi connectivity index (χ1) is 24.7. The second-order valence-electron chi connectivity index (χ2n) is 13.9. The highest BCUT2D eigenvalue weighted by atomic mass is 19.4. The first-order valence-corrected chi connectivity index (χ1v) is 17.5. The minimum absolute atomic E-state index is 0.0193. The Morgan fingerprint density at radius 1 is 0.750 bits per heavy atom. The summed E-state index contributed by atoms with van der Waals surface area (Å²) < 4.78 is 76.2. The summed E-state index contributed by atoms with van der Waals surface area (Å²) in [6.45, 7) is 2.74. The number of pyridine rings is 2. The van der Waals surface area contributed by atoms with Crippen LogP contribution in [-0.2, 0) is 19.4 Å². The molecular formula is C40H40F6N4O2. The smallest absolute Gasteiger partial charge is 0.320 e. The van der Waals surface area contributed by atoms with Crippen LogP contribution in [0.4, 0.5) is 32.0 Å². The number of ketones is 1. The van der Waals surface area contributed by atoms with E-state index in [1.54, 1.807) is 18.2 Å². The molecule has 2 aromatic carbocycles. The van der Waals surface area contributed by atoms with Gasteiger partial charge < -0.3 is 10.6 Å². The largest absolute Gasteiger partial charge is 0.401 e. The molecule has 274 valence electrons. The fourth-order valence-electron chi connectivity index (χ4n) is 6.68. The van der Waals surface area contributed by atoms with Gasteiger partial charge in [0, 0.05) is 37.5 Å². The van der Waals surface area contributed by atoms with Crippen molar-refractivity contribution in [1.29, 1.82) is 0 Å². The van der Waals surface area contributed by atoms with Gasteiger partial charge in [-0.05, 0) is 132 Å². The Hall–Kier alpha value is -4.58. The summed E-state index contributed by atoms with van der Waals surface area (Å²) >= 11 is 0. The summed E-state index contributed by atoms with van der Waals surface area (Å²) in [7, 11) is 0. The second kappa shape index (κ2) is 15.2. The fraction of sp³-hybridized carbons (Fsp3) is 0.400. The minimum atomic E-state index is -4.32. The molecule has 52 heavy (non-hydrogen) atoms. The number of rotatable bonds is 14. The van der Waals surface area contributed by atoms with Crippen LogP contribution < -0.4 is 10.6 Å². The van der Waals surface area contributed by atoms with Crippen LogP contribution in [0.1, 0.15) is 110 Å². The standard InChI is InChI=1S/C40H40F6N4O2/c1-23-27(16-37(51)35-17-33(26-13-14-26)29(21-48-35)19-47-22-40(44,45)46)6-3-8-30(23)31-9-4-10-34(24(31)2)50-38(52)36-18-32(25-11-12-25)28(20-49-36)7-5-15-39(41,42)43/h3-4,6,8-10,17-18,20-21,25-26,47H,5,7,11-16,19,22H2,1-2H3,(H,50,52). The quantitative estimate of drug-likeness (QED) is 0.100. The molecule has 2 saturated carbocycles. The van der Waals surface area contributed by atoms with Crippen LogP contribution in [0.5, 0.6) is 0 Å². The van der Waals surface area contributed by atoms with E-state index >= 15 is 0 Å². The molecule has 2 N–H and O–H groups in total. The Balaban J connectivity index is 1.16. The molecule has 2 aliphatic carbocycles. The molecule has 2 aromatic heterocycles. The van der Waals surface area contributed by atoms with Crippen LogP contribution in [0.25, 0.3) is 11.1 Å². The van der Waals surface area contributed by atoms with Gasteiger partial charge in [-0.2, -0.15) is 26.3 Å². The summed E-state index contributed by atoms with van der Waals surface area (Å²) in [5.74, 6) is -0.170. The maximum absolute atomic E-state index is 13.5. The van der Waals surface area contributed by atoms with Crippen LogP contribution in [0.15, 0.2) is 60.9 Å². The summed E-state index contributed by atoms with van der Waals surface area (Å²) in [5, 5.41) is 5.39. The Kier molecular flexibility index (Phi) is 10.9. The highest BCUT2D eigenvalue weighted by Gasteiger charge is 2.31. The van der Waals surface area contributed by atoms with Crippen LogP contribution in [-0.4, -0.2) is 40.6 Å². The number of hydrogen-bond acceptors (Lipinski definition) is 5. The summed E-state index contributed by atoms with van der Waals surface area (Å²) in [6, 6.07) is 14.7. The summed E-state index contributed by atoms with van der Waals surface area (Å²) in [4.78, 5) is 35.6. The predicted molar refractivity (Wildman–Crippen MR) is 187 cm³/mol. The molecule has 2 fully saturated rings. The summed E-state index contributed by atoms with van der Waals surface area (Å²) in [6.07, 6.45) is -2.36. The van der Waals surface area contributed by atoms with Crippen molar-refractivity contribution in [3.8, 4) is 11.1 Å². The van der Waals surface area contributed by atoms with E-state index in [9.17, 15) is 35.9 Å². The van der Waals surface area contributed by atoms with Gasteiger partial charge in [0.15, 0.2) is 5.78 Å². The Morgan fingerprint density at radius 3 is 2.00 bits per heavy atom. The van der Waals surface area contributed by atoms with Crippen molar-refractivity contribution in [3.63, 3.8) is 0 Å². The third-order valence-corrected chi connectivity index (χ3v) is 9.81. The molecule has 0 unspecified atom stereocenters. The number of alkyl halides is 6. The second-order valence-corrected chi connectivity index (χ2v) is 13.9. The van der Waals surface area contributed by atoms with E-state index in [0.717, 1.165) is 70.2 Å². The van der Waals surface area contributed by atoms with Crippen LogP contribution >= 0.6 is 0 Å². The number of hydrogen-bond donors (Lipinski definition) is 2. The van der Waals surface area contributed by atoms with Gasteiger partial charge in [0.2, 0.25) is 0 Å². The minimum Gasteiger partial charge on any atom is -0.320 e. The number of amides is 1. The van der Waals surface area contributed by atoms with Gasteiger partial charge in [-0.3, -0.25) is 19.6 Å². The molecule has 2 heterocycles. The first kappa shape index (κ1) is 37.2. The van der Waals surface area contributed by atoms with Gasteiger partial charge in [-0.1, -0.05) is 30.3 Å². The molecule has 12 heteroatoms. The van der Waals surface area contributed by atoms with E-state index in [0.29, 0.717) is 11.3 Å². The SMILES string of the molecule is Cc1c(CC(=O)c2cc(C3CC3)c(CNCC(F)(F)F)cn2)cccc1-c1cccc(NC(=O)c2cc(C3CC3)c(CCCC(F)(F)F)cn2)c1C. The zero-order valence-electron chi connectivity index (χ0n) is 29.0. The van der Waals surface area contributed by atoms with Crippen LogP contribution in [0.3, 0.4) is 0 Å². The van der Waals surface area contributed by atoms with E-state index < -0.39 is 31.2 Å². The molecule has 1 amide bonds. The molecule has 0 radical (unpaired) electrons. The van der Waals surface area contributed by atoms with Crippen LogP contribution in [0.2, 0.25) is 0 Å². The molecule has 0 bridgehead atoms. The number of benzene rings is 2. The van der Waals surface area contributed by atoms with Gasteiger partial charge in [-0.15, -0.1) is 0 Å². The number of aryl methyl sites for hydroxylation is 1. The lowest BCUT2D eigenvalue weighted by molar-refractivity contribution is -0.135. The van der Waals surface area contributed by atoms with Gasteiger partial charge in [0.1, 0.15) is 11.4 Å². The highest BCUT2D eigenvalue weighted by Crippen LogP contribution is 2.43. The molecule has 0 aliphatic heterocycles. The van der Waals surface area contributed by atoms with Crippen molar-refractivity contribution < 1.29 is 35.9 Å². The highest BCUT2D eigenvalue weighted by molar-refractivity contribution is 6.04. The molecule has 0 saturated heterocycles. The van der Waals surface area contributed by atoms with Gasteiger partial charge in [0.05, 0.1) is 6.54 Å². The van der Waals surface area contributed by atoms with E-state index in [-0.39, 0.29) is 54.8 Å².